The van der Waals surface area contributed by atoms with Crippen molar-refractivity contribution in [1.82, 2.24) is 4.90 Å². The molecule has 0 aromatic heterocycles. The number of hydrogen-bond donors (Lipinski definition) is 1. The second-order valence-electron chi connectivity index (χ2n) is 3.96. The van der Waals surface area contributed by atoms with Gasteiger partial charge in [0, 0.05) is 25.7 Å². The molecule has 82 valence electrons. The Balaban J connectivity index is 2.04. The van der Waals surface area contributed by atoms with E-state index in [4.69, 9.17) is 0 Å². The summed E-state index contributed by atoms with van der Waals surface area (Å²) < 4.78 is 25.7. The summed E-state index contributed by atoms with van der Waals surface area (Å²) in [5, 5.41) is 9.30. The second kappa shape index (κ2) is 4.24. The number of aliphatic hydroxyl groups excluding tert-OH is 1. The maximum atomic E-state index is 12.9. The fourth-order valence-electron chi connectivity index (χ4n) is 1.92. The molecule has 15 heavy (non-hydrogen) atoms. The molecule has 2 nitrogen and oxygen atoms in total. The lowest BCUT2D eigenvalue weighted by atomic mass is 10.2. The van der Waals surface area contributed by atoms with E-state index >= 15 is 0 Å². The number of likely N-dealkylation sites (tertiary alicyclic amines) is 1. The molecule has 0 aliphatic carbocycles. The first-order chi connectivity index (χ1) is 7.13. The topological polar surface area (TPSA) is 23.5 Å². The maximum absolute atomic E-state index is 12.9. The molecule has 1 saturated heterocycles. The van der Waals surface area contributed by atoms with Gasteiger partial charge in [-0.15, -0.1) is 0 Å². The standard InChI is InChI=1S/C11H13F2NO/c12-9-3-8(4-10(13)5-9)6-14-2-1-11(15)7-14/h3-5,11,15H,1-2,6-7H2. The monoisotopic (exact) mass is 213 g/mol. The lowest BCUT2D eigenvalue weighted by Crippen LogP contribution is -2.21. The summed E-state index contributed by atoms with van der Waals surface area (Å²) in [5.41, 5.74) is 0.613. The van der Waals surface area contributed by atoms with Gasteiger partial charge in [-0.1, -0.05) is 0 Å². The van der Waals surface area contributed by atoms with Crippen LogP contribution in [0.1, 0.15) is 12.0 Å². The highest BCUT2D eigenvalue weighted by molar-refractivity contribution is 5.17. The van der Waals surface area contributed by atoms with Crippen molar-refractivity contribution in [2.45, 2.75) is 19.1 Å². The van der Waals surface area contributed by atoms with Gasteiger partial charge in [0.1, 0.15) is 11.6 Å². The summed E-state index contributed by atoms with van der Waals surface area (Å²) in [5.74, 6) is -1.10. The van der Waals surface area contributed by atoms with E-state index in [1.165, 1.54) is 12.1 Å². The molecule has 0 saturated carbocycles. The van der Waals surface area contributed by atoms with Crippen molar-refractivity contribution in [1.29, 1.82) is 0 Å². The molecule has 1 unspecified atom stereocenters. The third-order valence-electron chi connectivity index (χ3n) is 2.58. The number of hydrogen-bond acceptors (Lipinski definition) is 2. The van der Waals surface area contributed by atoms with Crippen molar-refractivity contribution in [3.05, 3.63) is 35.4 Å². The van der Waals surface area contributed by atoms with Gasteiger partial charge in [0.25, 0.3) is 0 Å². The number of nitrogens with zero attached hydrogens (tertiary/aromatic N) is 1. The Morgan fingerprint density at radius 2 is 1.93 bits per heavy atom. The molecule has 1 heterocycles. The normalized spacial score (nSPS) is 22.2. The van der Waals surface area contributed by atoms with Gasteiger partial charge in [0.2, 0.25) is 0 Å². The van der Waals surface area contributed by atoms with E-state index in [0.717, 1.165) is 19.0 Å². The third kappa shape index (κ3) is 2.73. The minimum Gasteiger partial charge on any atom is -0.392 e. The average Bonchev–Trinajstić information content (AvgIpc) is 2.49. The SMILES string of the molecule is OC1CCN(Cc2cc(F)cc(F)c2)C1. The summed E-state index contributed by atoms with van der Waals surface area (Å²) in [7, 11) is 0. The first-order valence-corrected chi connectivity index (χ1v) is 4.99. The van der Waals surface area contributed by atoms with Crippen LogP contribution in [0.15, 0.2) is 18.2 Å². The van der Waals surface area contributed by atoms with Crippen LogP contribution in [0.4, 0.5) is 8.78 Å². The van der Waals surface area contributed by atoms with Gasteiger partial charge in [-0.05, 0) is 24.1 Å². The van der Waals surface area contributed by atoms with Gasteiger partial charge in [-0.2, -0.15) is 0 Å². The van der Waals surface area contributed by atoms with Crippen molar-refractivity contribution < 1.29 is 13.9 Å². The number of benzene rings is 1. The van der Waals surface area contributed by atoms with Crippen LogP contribution in [-0.2, 0) is 6.54 Å². The molecule has 1 N–H and O–H groups in total. The number of rotatable bonds is 2. The predicted molar refractivity (Wildman–Crippen MR) is 52.3 cm³/mol. The van der Waals surface area contributed by atoms with Gasteiger partial charge in [0.15, 0.2) is 0 Å². The minimum absolute atomic E-state index is 0.302. The smallest absolute Gasteiger partial charge is 0.126 e. The molecule has 1 atom stereocenters. The summed E-state index contributed by atoms with van der Waals surface area (Å²) >= 11 is 0. The van der Waals surface area contributed by atoms with Gasteiger partial charge >= 0.3 is 0 Å². The average molecular weight is 213 g/mol. The van der Waals surface area contributed by atoms with E-state index in [0.29, 0.717) is 18.7 Å². The highest BCUT2D eigenvalue weighted by Crippen LogP contribution is 2.15. The molecular weight excluding hydrogens is 200 g/mol. The van der Waals surface area contributed by atoms with E-state index in [1.54, 1.807) is 0 Å². The van der Waals surface area contributed by atoms with Crippen LogP contribution in [0.2, 0.25) is 0 Å². The highest BCUT2D eigenvalue weighted by atomic mass is 19.1. The number of halogens is 2. The molecule has 4 heteroatoms. The Morgan fingerprint density at radius 3 is 2.47 bits per heavy atom. The van der Waals surface area contributed by atoms with Crippen LogP contribution >= 0.6 is 0 Å². The zero-order chi connectivity index (χ0) is 10.8. The fraction of sp³-hybridized carbons (Fsp3) is 0.455. The Hall–Kier alpha value is -1.00. The molecule has 1 aliphatic heterocycles. The van der Waals surface area contributed by atoms with Crippen molar-refractivity contribution >= 4 is 0 Å². The van der Waals surface area contributed by atoms with Gasteiger partial charge in [-0.3, -0.25) is 4.90 Å². The summed E-state index contributed by atoms with van der Waals surface area (Å²) in [4.78, 5) is 1.98. The highest BCUT2D eigenvalue weighted by Gasteiger charge is 2.20. The lowest BCUT2D eigenvalue weighted by Gasteiger charge is -2.14. The molecule has 2 rings (SSSR count). The van der Waals surface area contributed by atoms with Crippen LogP contribution in [0, 0.1) is 11.6 Å². The molecule has 0 bridgehead atoms. The Bertz CT molecular complexity index is 336. The van der Waals surface area contributed by atoms with Crippen LogP contribution < -0.4 is 0 Å². The van der Waals surface area contributed by atoms with Crippen molar-refractivity contribution in [2.24, 2.45) is 0 Å². The van der Waals surface area contributed by atoms with Crippen molar-refractivity contribution in [3.8, 4) is 0 Å². The Morgan fingerprint density at radius 1 is 1.27 bits per heavy atom. The van der Waals surface area contributed by atoms with E-state index in [1.807, 2.05) is 4.90 Å². The summed E-state index contributed by atoms with van der Waals surface area (Å²) in [6, 6.07) is 3.52. The molecule has 0 radical (unpaired) electrons. The zero-order valence-corrected chi connectivity index (χ0v) is 8.29. The summed E-state index contributed by atoms with van der Waals surface area (Å²) in [6.45, 7) is 1.85. The molecule has 1 fully saturated rings. The molecular formula is C11H13F2NO. The Kier molecular flexibility index (Phi) is 2.98. The van der Waals surface area contributed by atoms with Crippen LogP contribution in [0.3, 0.4) is 0 Å². The van der Waals surface area contributed by atoms with Crippen LogP contribution in [0.25, 0.3) is 0 Å². The van der Waals surface area contributed by atoms with E-state index in [-0.39, 0.29) is 6.10 Å². The first-order valence-electron chi connectivity index (χ1n) is 4.99. The number of β-amino-alcohol motifs (C(OH)–C–C–N with tert-alkyl or cyclic N) is 1. The lowest BCUT2D eigenvalue weighted by molar-refractivity contribution is 0.174. The summed E-state index contributed by atoms with van der Waals surface area (Å²) in [6.07, 6.45) is 0.432. The van der Waals surface area contributed by atoms with Gasteiger partial charge in [-0.25, -0.2) is 8.78 Å². The Labute approximate surface area is 87.1 Å². The second-order valence-corrected chi connectivity index (χ2v) is 3.96. The van der Waals surface area contributed by atoms with Gasteiger partial charge < -0.3 is 5.11 Å². The van der Waals surface area contributed by atoms with E-state index in [2.05, 4.69) is 0 Å². The van der Waals surface area contributed by atoms with E-state index < -0.39 is 11.6 Å². The van der Waals surface area contributed by atoms with E-state index in [9.17, 15) is 13.9 Å². The van der Waals surface area contributed by atoms with Gasteiger partial charge in [0.05, 0.1) is 6.10 Å². The van der Waals surface area contributed by atoms with Crippen molar-refractivity contribution in [2.75, 3.05) is 13.1 Å². The first kappa shape index (κ1) is 10.5. The largest absolute Gasteiger partial charge is 0.392 e. The quantitative estimate of drug-likeness (QED) is 0.805. The number of aliphatic hydroxyl groups is 1. The van der Waals surface area contributed by atoms with Crippen LogP contribution in [-0.4, -0.2) is 29.2 Å². The molecule has 1 aromatic carbocycles. The zero-order valence-electron chi connectivity index (χ0n) is 8.29. The molecule has 0 amide bonds. The minimum atomic E-state index is -0.551. The third-order valence-corrected chi connectivity index (χ3v) is 2.58. The molecule has 1 aliphatic rings. The van der Waals surface area contributed by atoms with Crippen molar-refractivity contribution in [3.63, 3.8) is 0 Å². The molecule has 1 aromatic rings. The van der Waals surface area contributed by atoms with Crippen LogP contribution in [0.5, 0.6) is 0 Å². The molecule has 0 spiro atoms. The fourth-order valence-corrected chi connectivity index (χ4v) is 1.92. The predicted octanol–water partition coefficient (Wildman–Crippen LogP) is 1.53. The maximum Gasteiger partial charge on any atom is 0.126 e.